The van der Waals surface area contributed by atoms with Crippen LogP contribution in [0.5, 0.6) is 0 Å². The molecule has 1 aliphatic heterocycles. The number of nitrogens with zero attached hydrogens (tertiary/aromatic N) is 2. The smallest absolute Gasteiger partial charge is 0.320 e. The number of amides is 2. The highest BCUT2D eigenvalue weighted by Crippen LogP contribution is 2.21. The number of rotatable bonds is 6. The van der Waals surface area contributed by atoms with Gasteiger partial charge in [0.15, 0.2) is 0 Å². The monoisotopic (exact) mass is 304 g/mol. The van der Waals surface area contributed by atoms with Gasteiger partial charge in [-0.25, -0.2) is 4.79 Å². The van der Waals surface area contributed by atoms with E-state index in [1.165, 1.54) is 0 Å². The van der Waals surface area contributed by atoms with Gasteiger partial charge in [-0.2, -0.15) is 11.8 Å². The van der Waals surface area contributed by atoms with Crippen LogP contribution in [0.2, 0.25) is 0 Å². The molecule has 1 rings (SSSR count). The van der Waals surface area contributed by atoms with Gasteiger partial charge in [0.25, 0.3) is 0 Å². The highest BCUT2D eigenvalue weighted by atomic mass is 32.2. The summed E-state index contributed by atoms with van der Waals surface area (Å²) in [6, 6.07) is -0.401. The minimum Gasteiger partial charge on any atom is -0.481 e. The van der Waals surface area contributed by atoms with E-state index < -0.39 is 11.9 Å². The topological polar surface area (TPSA) is 70.1 Å². The molecule has 1 heterocycles. The maximum atomic E-state index is 12.5. The van der Waals surface area contributed by atoms with Gasteiger partial charge < -0.3 is 19.6 Å². The maximum Gasteiger partial charge on any atom is 0.320 e. The van der Waals surface area contributed by atoms with Crippen LogP contribution in [0.1, 0.15) is 13.8 Å². The van der Waals surface area contributed by atoms with Crippen molar-refractivity contribution in [2.45, 2.75) is 25.9 Å². The van der Waals surface area contributed by atoms with E-state index in [0.717, 1.165) is 5.75 Å². The second-order valence-corrected chi connectivity index (χ2v) is 5.94. The zero-order chi connectivity index (χ0) is 15.3. The van der Waals surface area contributed by atoms with E-state index in [-0.39, 0.29) is 24.7 Å². The van der Waals surface area contributed by atoms with E-state index in [4.69, 9.17) is 4.74 Å². The predicted molar refractivity (Wildman–Crippen MR) is 79.1 cm³/mol. The van der Waals surface area contributed by atoms with Crippen LogP contribution >= 0.6 is 11.8 Å². The highest BCUT2D eigenvalue weighted by Gasteiger charge is 2.40. The Balaban J connectivity index is 2.79. The first kappa shape index (κ1) is 17.1. The fourth-order valence-electron chi connectivity index (χ4n) is 2.34. The molecule has 1 aliphatic rings. The molecule has 0 aromatic carbocycles. The minimum atomic E-state index is -0.904. The zero-order valence-electron chi connectivity index (χ0n) is 12.5. The number of ether oxygens (including phenoxy) is 1. The molecule has 1 N–H and O–H groups in total. The first-order valence-electron chi connectivity index (χ1n) is 6.76. The molecule has 0 radical (unpaired) electrons. The van der Waals surface area contributed by atoms with E-state index in [1.54, 1.807) is 28.6 Å². The van der Waals surface area contributed by atoms with Gasteiger partial charge in [0.1, 0.15) is 5.92 Å². The summed E-state index contributed by atoms with van der Waals surface area (Å²) in [6.45, 7) is 4.80. The van der Waals surface area contributed by atoms with Crippen molar-refractivity contribution < 1.29 is 19.4 Å². The van der Waals surface area contributed by atoms with Gasteiger partial charge >= 0.3 is 12.0 Å². The number of aliphatic carboxylic acids is 1. The summed E-state index contributed by atoms with van der Waals surface area (Å²) in [7, 11) is 1.76. The number of carboxylic acids is 1. The zero-order valence-corrected chi connectivity index (χ0v) is 13.4. The number of hydrogen-bond donors (Lipinski definition) is 1. The predicted octanol–water partition coefficient (Wildman–Crippen LogP) is 1.21. The Kier molecular flexibility index (Phi) is 6.61. The van der Waals surface area contributed by atoms with Crippen LogP contribution < -0.4 is 0 Å². The normalized spacial score (nSPS) is 23.4. The lowest BCUT2D eigenvalue weighted by atomic mass is 10.0. The van der Waals surface area contributed by atoms with Crippen LogP contribution in [0.3, 0.4) is 0 Å². The lowest BCUT2D eigenvalue weighted by molar-refractivity contribution is -0.142. The number of urea groups is 1. The van der Waals surface area contributed by atoms with Gasteiger partial charge in [-0.05, 0) is 20.1 Å². The van der Waals surface area contributed by atoms with E-state index in [1.807, 2.05) is 20.1 Å². The summed E-state index contributed by atoms with van der Waals surface area (Å²) >= 11 is 1.68. The van der Waals surface area contributed by atoms with Crippen molar-refractivity contribution in [2.75, 3.05) is 38.8 Å². The lowest BCUT2D eigenvalue weighted by Gasteiger charge is -2.35. The molecule has 116 valence electrons. The molecule has 0 spiro atoms. The lowest BCUT2D eigenvalue weighted by Crippen LogP contribution is -2.53. The van der Waals surface area contributed by atoms with Crippen molar-refractivity contribution in [3.8, 4) is 0 Å². The molecule has 20 heavy (non-hydrogen) atoms. The second kappa shape index (κ2) is 7.73. The molecule has 0 bridgehead atoms. The molecule has 3 unspecified atom stereocenters. The third-order valence-electron chi connectivity index (χ3n) is 3.73. The Morgan fingerprint density at radius 2 is 2.10 bits per heavy atom. The summed E-state index contributed by atoms with van der Waals surface area (Å²) in [4.78, 5) is 27.1. The Morgan fingerprint density at radius 1 is 1.45 bits per heavy atom. The minimum absolute atomic E-state index is 0.108. The third-order valence-corrected chi connectivity index (χ3v) is 4.54. The molecular formula is C13H24N2O4S. The van der Waals surface area contributed by atoms with Crippen LogP contribution in [0.15, 0.2) is 0 Å². The fourth-order valence-corrected chi connectivity index (χ4v) is 3.05. The van der Waals surface area contributed by atoms with Crippen molar-refractivity contribution in [3.63, 3.8) is 0 Å². The van der Waals surface area contributed by atoms with Crippen LogP contribution in [0.25, 0.3) is 0 Å². The van der Waals surface area contributed by atoms with Gasteiger partial charge in [0, 0.05) is 25.4 Å². The summed E-state index contributed by atoms with van der Waals surface area (Å²) in [5.41, 5.74) is 0. The average molecular weight is 304 g/mol. The molecule has 1 fully saturated rings. The quantitative estimate of drug-likeness (QED) is 0.799. The Bertz CT molecular complexity index is 353. The van der Waals surface area contributed by atoms with Crippen LogP contribution in [-0.4, -0.2) is 77.8 Å². The number of hydrogen-bond acceptors (Lipinski definition) is 4. The van der Waals surface area contributed by atoms with Gasteiger partial charge in [-0.1, -0.05) is 0 Å². The average Bonchev–Trinajstić information content (AvgIpc) is 2.88. The summed E-state index contributed by atoms with van der Waals surface area (Å²) in [5, 5.41) is 9.21. The molecule has 0 aromatic heterocycles. The summed E-state index contributed by atoms with van der Waals surface area (Å²) < 4.78 is 5.25. The van der Waals surface area contributed by atoms with Crippen molar-refractivity contribution in [3.05, 3.63) is 0 Å². The first-order valence-corrected chi connectivity index (χ1v) is 8.16. The Labute approximate surface area is 124 Å². The molecule has 1 saturated heterocycles. The van der Waals surface area contributed by atoms with E-state index in [9.17, 15) is 14.7 Å². The highest BCUT2D eigenvalue weighted by molar-refractivity contribution is 7.98. The Hall–Kier alpha value is -0.950. The Morgan fingerprint density at radius 3 is 2.60 bits per heavy atom. The second-order valence-electron chi connectivity index (χ2n) is 5.03. The van der Waals surface area contributed by atoms with Gasteiger partial charge in [0.05, 0.1) is 19.3 Å². The standard InChI is InChI=1S/C13H24N2O4S/c1-5-15(11-7-19-6-10(11)12(16)17)13(18)14(3)9(2)8-20-4/h9-11H,5-8H2,1-4H3,(H,16,17). The van der Waals surface area contributed by atoms with Gasteiger partial charge in [0.2, 0.25) is 0 Å². The molecule has 2 amide bonds. The molecule has 6 nitrogen and oxygen atoms in total. The SMILES string of the molecule is CCN(C(=O)N(C)C(C)CSC)C1COCC1C(=O)O. The number of likely N-dealkylation sites (N-methyl/N-ethyl adjacent to an activating group) is 1. The van der Waals surface area contributed by atoms with E-state index in [2.05, 4.69) is 0 Å². The molecule has 0 saturated carbocycles. The largest absolute Gasteiger partial charge is 0.481 e. The van der Waals surface area contributed by atoms with Crippen molar-refractivity contribution in [2.24, 2.45) is 5.92 Å². The fraction of sp³-hybridized carbons (Fsp3) is 0.846. The molecule has 0 aliphatic carbocycles. The van der Waals surface area contributed by atoms with Gasteiger partial charge in [-0.3, -0.25) is 4.79 Å². The number of thioether (sulfide) groups is 1. The molecule has 7 heteroatoms. The number of carboxylic acid groups (broad SMARTS) is 1. The van der Waals surface area contributed by atoms with Gasteiger partial charge in [-0.15, -0.1) is 0 Å². The van der Waals surface area contributed by atoms with Crippen molar-refractivity contribution in [1.82, 2.24) is 9.80 Å². The van der Waals surface area contributed by atoms with Crippen LogP contribution in [0.4, 0.5) is 4.79 Å². The van der Waals surface area contributed by atoms with Crippen LogP contribution in [-0.2, 0) is 9.53 Å². The van der Waals surface area contributed by atoms with E-state index >= 15 is 0 Å². The molecule has 3 atom stereocenters. The number of carbonyl (C=O) groups excluding carboxylic acids is 1. The summed E-state index contributed by atoms with van der Waals surface area (Å²) in [5.74, 6) is -0.690. The first-order chi connectivity index (χ1) is 9.43. The van der Waals surface area contributed by atoms with Crippen LogP contribution in [0, 0.1) is 5.92 Å². The molecular weight excluding hydrogens is 280 g/mol. The maximum absolute atomic E-state index is 12.5. The van der Waals surface area contributed by atoms with Crippen molar-refractivity contribution >= 4 is 23.8 Å². The molecule has 0 aromatic rings. The van der Waals surface area contributed by atoms with Crippen molar-refractivity contribution in [1.29, 1.82) is 0 Å². The third kappa shape index (κ3) is 3.79. The van der Waals surface area contributed by atoms with E-state index in [0.29, 0.717) is 13.2 Å². The number of carbonyl (C=O) groups is 2. The summed E-state index contributed by atoms with van der Waals surface area (Å²) in [6.07, 6.45) is 2.00.